The van der Waals surface area contributed by atoms with E-state index in [9.17, 15) is 42.6 Å². The molecule has 37 heavy (non-hydrogen) atoms. The number of hydrogen-bond donors (Lipinski definition) is 5. The predicted molar refractivity (Wildman–Crippen MR) is 123 cm³/mol. The van der Waals surface area contributed by atoms with Crippen LogP contribution in [0.2, 0.25) is 0 Å². The van der Waals surface area contributed by atoms with Crippen molar-refractivity contribution in [2.45, 2.75) is 41.3 Å². The third-order valence-electron chi connectivity index (χ3n) is 5.43. The third kappa shape index (κ3) is 6.07. The SMILES string of the molecule is O=c1ccn([C@@H]2O[C@H](COP(=O)(O)C(Cl)(Cl)P(=O)(O)O)[C@H](O)C2O)c(=O)n1CCc1ccc(F)cc1F. The van der Waals surface area contributed by atoms with Crippen LogP contribution in [0.3, 0.4) is 0 Å². The van der Waals surface area contributed by atoms with Gasteiger partial charge < -0.3 is 34.2 Å². The van der Waals surface area contributed by atoms with Crippen molar-refractivity contribution >= 4 is 38.4 Å². The Balaban J connectivity index is 1.79. The second-order valence-electron chi connectivity index (χ2n) is 7.90. The van der Waals surface area contributed by atoms with Gasteiger partial charge in [0, 0.05) is 24.9 Å². The highest BCUT2D eigenvalue weighted by atomic mass is 35.5. The van der Waals surface area contributed by atoms with Crippen LogP contribution >= 0.6 is 38.4 Å². The van der Waals surface area contributed by atoms with E-state index in [1.165, 1.54) is 0 Å². The molecule has 2 unspecified atom stereocenters. The van der Waals surface area contributed by atoms with Crippen LogP contribution in [-0.4, -0.2) is 62.8 Å². The quantitative estimate of drug-likeness (QED) is 0.197. The molecule has 1 aliphatic heterocycles. The zero-order valence-corrected chi connectivity index (χ0v) is 21.6. The van der Waals surface area contributed by atoms with Gasteiger partial charge in [0.1, 0.15) is 29.9 Å². The van der Waals surface area contributed by atoms with E-state index in [-0.39, 0.29) is 18.5 Å². The Hall–Kier alpha value is -1.48. The Morgan fingerprint density at radius 2 is 1.73 bits per heavy atom. The lowest BCUT2D eigenvalue weighted by Gasteiger charge is -2.26. The van der Waals surface area contributed by atoms with Gasteiger partial charge in [-0.25, -0.2) is 13.6 Å². The minimum atomic E-state index is -5.57. The monoisotopic (exact) mass is 610 g/mol. The lowest BCUT2D eigenvalue weighted by Crippen LogP contribution is -2.43. The smallest absolute Gasteiger partial charge is 0.376 e. The fourth-order valence-electron chi connectivity index (χ4n) is 3.40. The minimum Gasteiger partial charge on any atom is -0.387 e. The number of hydrogen-bond acceptors (Lipinski definition) is 8. The minimum absolute atomic E-state index is 0.0197. The summed E-state index contributed by atoms with van der Waals surface area (Å²) in [7, 11) is -11.0. The summed E-state index contributed by atoms with van der Waals surface area (Å²) in [6.07, 6.45) is -6.20. The van der Waals surface area contributed by atoms with E-state index in [4.69, 9.17) is 37.7 Å². The number of aliphatic hydroxyl groups excluding tert-OH is 2. The van der Waals surface area contributed by atoms with Crippen LogP contribution in [0.25, 0.3) is 0 Å². The lowest BCUT2D eigenvalue weighted by atomic mass is 10.1. The molecule has 13 nitrogen and oxygen atoms in total. The summed E-state index contributed by atoms with van der Waals surface area (Å²) in [5, 5.41) is 20.7. The average Bonchev–Trinajstić information content (AvgIpc) is 3.06. The molecule has 0 spiro atoms. The van der Waals surface area contributed by atoms with E-state index in [1.54, 1.807) is 0 Å². The molecule has 3 rings (SSSR count). The first-order valence-electron chi connectivity index (χ1n) is 10.2. The normalized spacial score (nSPS) is 24.2. The van der Waals surface area contributed by atoms with Crippen LogP contribution in [0.15, 0.2) is 40.1 Å². The molecule has 5 atom stereocenters. The highest BCUT2D eigenvalue weighted by Crippen LogP contribution is 2.75. The Morgan fingerprint density at radius 1 is 1.08 bits per heavy atom. The Morgan fingerprint density at radius 3 is 2.32 bits per heavy atom. The van der Waals surface area contributed by atoms with Gasteiger partial charge in [-0.05, 0) is 18.1 Å². The average molecular weight is 611 g/mol. The Kier molecular flexibility index (Phi) is 8.90. The van der Waals surface area contributed by atoms with E-state index in [0.29, 0.717) is 10.6 Å². The summed E-state index contributed by atoms with van der Waals surface area (Å²) >= 11 is 10.6. The number of benzene rings is 1. The molecule has 0 aliphatic carbocycles. The number of aromatic nitrogens is 2. The topological polar surface area (TPSA) is 198 Å². The number of ether oxygens (including phenoxy) is 1. The van der Waals surface area contributed by atoms with Crippen LogP contribution in [0, 0.1) is 11.6 Å². The zero-order chi connectivity index (χ0) is 27.9. The Bertz CT molecular complexity index is 1380. The number of rotatable bonds is 9. The van der Waals surface area contributed by atoms with E-state index >= 15 is 0 Å². The molecular weight excluding hydrogens is 591 g/mol. The summed E-state index contributed by atoms with van der Waals surface area (Å²) in [5.41, 5.74) is -1.81. The van der Waals surface area contributed by atoms with Crippen LogP contribution in [0.4, 0.5) is 8.78 Å². The summed E-state index contributed by atoms with van der Waals surface area (Å²) in [4.78, 5) is 53.1. The molecule has 2 heterocycles. The fourth-order valence-corrected chi connectivity index (χ4v) is 5.69. The predicted octanol–water partition coefficient (Wildman–Crippen LogP) is 0.619. The maximum Gasteiger partial charge on any atom is 0.376 e. The number of nitrogens with zero attached hydrogens (tertiary/aromatic N) is 2. The highest BCUT2D eigenvalue weighted by molar-refractivity contribution is 7.78. The van der Waals surface area contributed by atoms with E-state index in [0.717, 1.165) is 29.0 Å². The number of alkyl halides is 2. The van der Waals surface area contributed by atoms with Crippen molar-refractivity contribution in [3.63, 3.8) is 0 Å². The maximum atomic E-state index is 13.9. The number of aryl methyl sites for hydroxylation is 1. The first-order valence-corrected chi connectivity index (χ1v) is 14.1. The van der Waals surface area contributed by atoms with Gasteiger partial charge >= 0.3 is 24.7 Å². The molecule has 0 amide bonds. The molecular formula is C18H20Cl2F2N2O11P2. The second kappa shape index (κ2) is 10.9. The van der Waals surface area contributed by atoms with Crippen LogP contribution in [-0.2, 0) is 31.4 Å². The molecule has 0 saturated carbocycles. The summed E-state index contributed by atoms with van der Waals surface area (Å²) in [5.74, 6) is -1.70. The van der Waals surface area contributed by atoms with Gasteiger partial charge in [-0.3, -0.25) is 23.1 Å². The van der Waals surface area contributed by atoms with Crippen molar-refractivity contribution in [3.05, 3.63) is 68.5 Å². The van der Waals surface area contributed by atoms with Gasteiger partial charge in [0.25, 0.3) is 5.56 Å². The summed E-state index contributed by atoms with van der Waals surface area (Å²) in [6, 6.07) is 3.70. The maximum absolute atomic E-state index is 13.9. The Labute approximate surface area is 216 Å². The van der Waals surface area contributed by atoms with Gasteiger partial charge in [0.15, 0.2) is 6.23 Å². The van der Waals surface area contributed by atoms with Gasteiger partial charge in [0.2, 0.25) is 0 Å². The number of aliphatic hydroxyl groups is 2. The van der Waals surface area contributed by atoms with Crippen molar-refractivity contribution in [1.29, 1.82) is 0 Å². The molecule has 0 bridgehead atoms. The largest absolute Gasteiger partial charge is 0.387 e. The molecule has 5 N–H and O–H groups in total. The second-order valence-corrected chi connectivity index (χ2v) is 14.4. The van der Waals surface area contributed by atoms with Gasteiger partial charge in [-0.1, -0.05) is 29.3 Å². The van der Waals surface area contributed by atoms with Crippen molar-refractivity contribution in [3.8, 4) is 0 Å². The van der Waals surface area contributed by atoms with Crippen molar-refractivity contribution in [2.75, 3.05) is 6.61 Å². The zero-order valence-electron chi connectivity index (χ0n) is 18.3. The molecule has 206 valence electrons. The molecule has 1 fully saturated rings. The number of halogens is 4. The lowest BCUT2D eigenvalue weighted by molar-refractivity contribution is -0.0531. The van der Waals surface area contributed by atoms with Crippen molar-refractivity contribution in [1.82, 2.24) is 9.13 Å². The van der Waals surface area contributed by atoms with Gasteiger partial charge in [-0.2, -0.15) is 0 Å². The molecule has 19 heteroatoms. The molecule has 1 aromatic heterocycles. The van der Waals surface area contributed by atoms with E-state index in [2.05, 4.69) is 4.52 Å². The van der Waals surface area contributed by atoms with Crippen molar-refractivity contribution in [2.24, 2.45) is 0 Å². The van der Waals surface area contributed by atoms with E-state index in [1.807, 2.05) is 0 Å². The molecule has 1 aromatic carbocycles. The van der Waals surface area contributed by atoms with Crippen molar-refractivity contribution < 1.29 is 52.1 Å². The third-order valence-corrected chi connectivity index (χ3v) is 11.5. The molecule has 1 saturated heterocycles. The van der Waals surface area contributed by atoms with E-state index < -0.39 is 73.0 Å². The van der Waals surface area contributed by atoms with Gasteiger partial charge in [-0.15, -0.1) is 0 Å². The first kappa shape index (κ1) is 30.1. The van der Waals surface area contributed by atoms with Crippen LogP contribution in [0.5, 0.6) is 0 Å². The summed E-state index contributed by atoms with van der Waals surface area (Å²) in [6.45, 7) is -1.40. The highest BCUT2D eigenvalue weighted by Gasteiger charge is 2.60. The summed E-state index contributed by atoms with van der Waals surface area (Å²) < 4.78 is 58.3. The molecule has 1 aliphatic rings. The van der Waals surface area contributed by atoms with Gasteiger partial charge in [0.05, 0.1) is 6.61 Å². The fraction of sp³-hybridized carbons (Fsp3) is 0.444. The molecule has 0 radical (unpaired) electrons. The molecule has 2 aromatic rings. The standard InChI is InChI=1S/C18H20Cl2F2N2O11P2/c19-18(20,36(29,30)31)37(32,33)34-8-12-14(26)15(27)16(35-12)24-6-4-13(25)23(17(24)28)5-3-9-1-2-10(21)7-11(9)22/h1-2,4,6-7,12,14-16,26-27H,3,5,8H2,(H,32,33)(H2,29,30,31)/t12-,14+,15?,16-/m1/s1. The van der Waals surface area contributed by atoms with Crippen LogP contribution < -0.4 is 11.2 Å². The first-order chi connectivity index (χ1) is 17.0. The van der Waals surface area contributed by atoms with Crippen LogP contribution in [0.1, 0.15) is 11.8 Å².